The van der Waals surface area contributed by atoms with Gasteiger partial charge in [0.25, 0.3) is 0 Å². The van der Waals surface area contributed by atoms with Crippen molar-refractivity contribution in [2.45, 2.75) is 0 Å². The first-order valence-electron chi connectivity index (χ1n) is 5.80. The summed E-state index contributed by atoms with van der Waals surface area (Å²) < 4.78 is 10.6. The molecule has 2 aromatic heterocycles. The van der Waals surface area contributed by atoms with Crippen LogP contribution in [0.15, 0.2) is 38.9 Å². The van der Waals surface area contributed by atoms with Crippen molar-refractivity contribution in [1.82, 2.24) is 4.98 Å². The Hall–Kier alpha value is -1.97. The van der Waals surface area contributed by atoms with Crippen molar-refractivity contribution >= 4 is 25.4 Å². The van der Waals surface area contributed by atoms with Crippen LogP contribution in [0, 0.1) is 0 Å². The molecule has 0 amide bonds. The third-order valence-corrected chi connectivity index (χ3v) is 4.59. The van der Waals surface area contributed by atoms with Gasteiger partial charge in [0.05, 0.1) is 0 Å². The van der Waals surface area contributed by atoms with E-state index in [1.165, 1.54) is 0 Å². The quantitative estimate of drug-likeness (QED) is 0.698. The molecule has 0 spiro atoms. The maximum atomic E-state index is 12.2. The molecule has 4 rings (SSSR count). The summed E-state index contributed by atoms with van der Waals surface area (Å²) in [6.07, 6.45) is 0. The Morgan fingerprint density at radius 2 is 2.00 bits per heavy atom. The van der Waals surface area contributed by atoms with Crippen molar-refractivity contribution in [3.8, 4) is 22.8 Å². The number of hydrogen-bond acceptors (Lipinski definition) is 3. The number of H-pyrrole nitrogens is 1. The molecule has 0 aliphatic carbocycles. The topological polar surface area (TPSA) is 51.3 Å². The average molecular weight is 318 g/mol. The van der Waals surface area contributed by atoms with Gasteiger partial charge in [-0.2, -0.15) is 0 Å². The van der Waals surface area contributed by atoms with Gasteiger partial charge < -0.3 is 0 Å². The number of benzene rings is 1. The SMILES string of the molecule is O=c1cc(-c2cc[se]c2)[nH]c2cc3c(cc12)OCO3. The van der Waals surface area contributed by atoms with E-state index in [0.29, 0.717) is 31.4 Å². The van der Waals surface area contributed by atoms with Crippen LogP contribution in [0.2, 0.25) is 0 Å². The third-order valence-electron chi connectivity index (χ3n) is 3.16. The van der Waals surface area contributed by atoms with Crippen LogP contribution in [0.4, 0.5) is 0 Å². The van der Waals surface area contributed by atoms with Gasteiger partial charge in [-0.25, -0.2) is 0 Å². The monoisotopic (exact) mass is 319 g/mol. The van der Waals surface area contributed by atoms with Crippen molar-refractivity contribution in [1.29, 1.82) is 0 Å². The zero-order chi connectivity index (χ0) is 12.8. The second-order valence-corrected chi connectivity index (χ2v) is 5.95. The number of nitrogens with one attached hydrogen (secondary N) is 1. The summed E-state index contributed by atoms with van der Waals surface area (Å²) in [7, 11) is 0. The van der Waals surface area contributed by atoms with E-state index in [0.717, 1.165) is 16.8 Å². The molecule has 0 unspecified atom stereocenters. The molecule has 19 heavy (non-hydrogen) atoms. The van der Waals surface area contributed by atoms with Gasteiger partial charge in [-0.1, -0.05) is 0 Å². The van der Waals surface area contributed by atoms with E-state index in [1.54, 1.807) is 12.1 Å². The molecule has 1 aromatic carbocycles. The van der Waals surface area contributed by atoms with Gasteiger partial charge in [0.1, 0.15) is 0 Å². The summed E-state index contributed by atoms with van der Waals surface area (Å²) in [5.74, 6) is 1.31. The molecule has 1 N–H and O–H groups in total. The van der Waals surface area contributed by atoms with Crippen molar-refractivity contribution < 1.29 is 9.47 Å². The van der Waals surface area contributed by atoms with Crippen LogP contribution in [-0.4, -0.2) is 26.3 Å². The van der Waals surface area contributed by atoms with Crippen LogP contribution in [0.1, 0.15) is 0 Å². The minimum atomic E-state index is -0.00394. The van der Waals surface area contributed by atoms with Gasteiger partial charge >= 0.3 is 114 Å². The number of ether oxygens (including phenoxy) is 2. The van der Waals surface area contributed by atoms with Crippen LogP contribution < -0.4 is 14.9 Å². The summed E-state index contributed by atoms with van der Waals surface area (Å²) in [4.78, 5) is 19.8. The number of fused-ring (bicyclic) bond motifs is 2. The van der Waals surface area contributed by atoms with Crippen LogP contribution in [-0.2, 0) is 0 Å². The van der Waals surface area contributed by atoms with Crippen LogP contribution in [0.5, 0.6) is 11.5 Å². The molecule has 0 saturated carbocycles. The van der Waals surface area contributed by atoms with E-state index in [1.807, 2.05) is 12.1 Å². The maximum absolute atomic E-state index is 12.2. The summed E-state index contributed by atoms with van der Waals surface area (Å²) in [5.41, 5.74) is 2.71. The van der Waals surface area contributed by atoms with E-state index < -0.39 is 0 Å². The van der Waals surface area contributed by atoms with Gasteiger partial charge in [-0.05, 0) is 0 Å². The van der Waals surface area contributed by atoms with Crippen molar-refractivity contribution in [3.63, 3.8) is 0 Å². The Kier molecular flexibility index (Phi) is 2.30. The van der Waals surface area contributed by atoms with Gasteiger partial charge in [-0.15, -0.1) is 0 Å². The Bertz CT molecular complexity index is 821. The molecule has 0 bridgehead atoms. The van der Waals surface area contributed by atoms with Crippen molar-refractivity contribution in [2.24, 2.45) is 0 Å². The molecule has 3 aromatic rings. The number of pyridine rings is 1. The molecule has 0 radical (unpaired) electrons. The number of hydrogen-bond donors (Lipinski definition) is 1. The second-order valence-electron chi connectivity index (χ2n) is 4.31. The molecule has 5 heteroatoms. The molecular formula is C14H9NO3Se. The molecule has 0 fully saturated rings. The van der Waals surface area contributed by atoms with E-state index in [-0.39, 0.29) is 12.2 Å². The Morgan fingerprint density at radius 1 is 1.16 bits per heavy atom. The molecule has 0 saturated heterocycles. The Morgan fingerprint density at radius 3 is 2.79 bits per heavy atom. The molecule has 0 atom stereocenters. The van der Waals surface area contributed by atoms with E-state index >= 15 is 0 Å². The molecular weight excluding hydrogens is 309 g/mol. The zero-order valence-corrected chi connectivity index (χ0v) is 11.5. The van der Waals surface area contributed by atoms with E-state index in [4.69, 9.17) is 9.47 Å². The summed E-state index contributed by atoms with van der Waals surface area (Å²) in [6.45, 7) is 0.211. The first kappa shape index (κ1) is 10.9. The van der Waals surface area contributed by atoms with Crippen LogP contribution >= 0.6 is 0 Å². The molecule has 94 valence electrons. The average Bonchev–Trinajstić information content (AvgIpc) is 3.07. The summed E-state index contributed by atoms with van der Waals surface area (Å²) in [6, 6.07) is 7.25. The number of aromatic nitrogens is 1. The molecule has 3 heterocycles. The Labute approximate surface area is 114 Å². The minimum absolute atomic E-state index is 0.00394. The first-order chi connectivity index (χ1) is 9.31. The first-order valence-corrected chi connectivity index (χ1v) is 7.78. The predicted octanol–water partition coefficient (Wildman–Crippen LogP) is 1.98. The molecule has 4 nitrogen and oxygen atoms in total. The molecule has 1 aliphatic rings. The Balaban J connectivity index is 2.01. The van der Waals surface area contributed by atoms with Gasteiger partial charge in [0.15, 0.2) is 0 Å². The van der Waals surface area contributed by atoms with Gasteiger partial charge in [0.2, 0.25) is 0 Å². The van der Waals surface area contributed by atoms with Crippen molar-refractivity contribution in [2.75, 3.05) is 6.79 Å². The van der Waals surface area contributed by atoms with Crippen LogP contribution in [0.25, 0.3) is 22.2 Å². The third kappa shape index (κ3) is 1.70. The number of rotatable bonds is 1. The fourth-order valence-corrected chi connectivity index (χ4v) is 3.59. The fraction of sp³-hybridized carbons (Fsp3) is 0.0714. The second kappa shape index (κ2) is 4.02. The summed E-state index contributed by atoms with van der Waals surface area (Å²) in [5, 5.41) is 0.626. The summed E-state index contributed by atoms with van der Waals surface area (Å²) >= 11 is 0.399. The van der Waals surface area contributed by atoms with Crippen molar-refractivity contribution in [3.05, 3.63) is 44.4 Å². The van der Waals surface area contributed by atoms with E-state index in [9.17, 15) is 4.79 Å². The van der Waals surface area contributed by atoms with E-state index in [2.05, 4.69) is 14.9 Å². The molecule has 1 aliphatic heterocycles. The fourth-order valence-electron chi connectivity index (χ4n) is 2.21. The number of aromatic amines is 1. The predicted molar refractivity (Wildman–Crippen MR) is 73.1 cm³/mol. The van der Waals surface area contributed by atoms with Gasteiger partial charge in [0, 0.05) is 0 Å². The normalized spacial score (nSPS) is 13.1. The van der Waals surface area contributed by atoms with Gasteiger partial charge in [-0.3, -0.25) is 0 Å². The van der Waals surface area contributed by atoms with Crippen LogP contribution in [0.3, 0.4) is 0 Å². The zero-order valence-electron chi connectivity index (χ0n) is 9.80. The standard InChI is InChI=1S/C14H9NO3Se/c16-12-4-10(8-1-2-19-6-8)15-11-5-14-13(3-9(11)12)17-7-18-14/h1-6H,7H2,(H,15,16).